The molecule has 3 heteroatoms. The largest absolute Gasteiger partial charge is 0.330 e. The van der Waals surface area contributed by atoms with Crippen molar-refractivity contribution in [3.63, 3.8) is 0 Å². The second-order valence-electron chi connectivity index (χ2n) is 5.01. The van der Waals surface area contributed by atoms with Gasteiger partial charge in [0, 0.05) is 5.69 Å². The van der Waals surface area contributed by atoms with E-state index >= 15 is 0 Å². The van der Waals surface area contributed by atoms with Gasteiger partial charge in [-0.3, -0.25) is 4.68 Å². The van der Waals surface area contributed by atoms with Crippen LogP contribution in [0.1, 0.15) is 35.6 Å². The molecule has 1 unspecified atom stereocenters. The molecular weight excluding hydrogens is 222 g/mol. The molecule has 0 saturated carbocycles. The van der Waals surface area contributed by atoms with Gasteiger partial charge < -0.3 is 5.73 Å². The third kappa shape index (κ3) is 2.06. The fourth-order valence-corrected chi connectivity index (χ4v) is 2.85. The maximum atomic E-state index is 5.84. The molecule has 1 heterocycles. The summed E-state index contributed by atoms with van der Waals surface area (Å²) in [7, 11) is 0. The molecule has 1 aromatic carbocycles. The van der Waals surface area contributed by atoms with E-state index in [2.05, 4.69) is 34.0 Å². The van der Waals surface area contributed by atoms with E-state index in [-0.39, 0.29) is 0 Å². The molecule has 94 valence electrons. The van der Waals surface area contributed by atoms with Crippen molar-refractivity contribution in [2.24, 2.45) is 5.73 Å². The van der Waals surface area contributed by atoms with Crippen LogP contribution in [-0.4, -0.2) is 16.3 Å². The number of rotatable bonds is 3. The van der Waals surface area contributed by atoms with Crippen LogP contribution in [0.2, 0.25) is 0 Å². The second-order valence-corrected chi connectivity index (χ2v) is 5.01. The number of aromatic nitrogens is 2. The van der Waals surface area contributed by atoms with Crippen LogP contribution in [0.4, 0.5) is 0 Å². The number of nitrogens with zero attached hydrogens (tertiary/aromatic N) is 2. The Morgan fingerprint density at radius 2 is 2.11 bits per heavy atom. The van der Waals surface area contributed by atoms with Gasteiger partial charge in [0.25, 0.3) is 0 Å². The average molecular weight is 241 g/mol. The lowest BCUT2D eigenvalue weighted by atomic mass is 9.87. The summed E-state index contributed by atoms with van der Waals surface area (Å²) in [6.07, 6.45) is 5.60. The lowest BCUT2D eigenvalue weighted by Gasteiger charge is -2.21. The summed E-state index contributed by atoms with van der Waals surface area (Å²) in [5.41, 5.74) is 9.91. The zero-order chi connectivity index (χ0) is 12.4. The molecule has 2 aromatic rings. The molecule has 2 N–H and O–H groups in total. The maximum Gasteiger partial charge on any atom is 0.0662 e. The monoisotopic (exact) mass is 241 g/mol. The SMILES string of the molecule is NCC1CCCc2c1cnn2Cc1ccccc1. The van der Waals surface area contributed by atoms with Gasteiger partial charge in [-0.05, 0) is 42.9 Å². The number of benzene rings is 1. The summed E-state index contributed by atoms with van der Waals surface area (Å²) >= 11 is 0. The molecule has 0 fully saturated rings. The van der Waals surface area contributed by atoms with E-state index in [9.17, 15) is 0 Å². The van der Waals surface area contributed by atoms with Crippen LogP contribution in [0, 0.1) is 0 Å². The minimum Gasteiger partial charge on any atom is -0.330 e. The summed E-state index contributed by atoms with van der Waals surface area (Å²) < 4.78 is 2.15. The van der Waals surface area contributed by atoms with Gasteiger partial charge in [-0.1, -0.05) is 30.3 Å². The molecule has 3 nitrogen and oxygen atoms in total. The lowest BCUT2D eigenvalue weighted by molar-refractivity contribution is 0.531. The Morgan fingerprint density at radius 1 is 1.28 bits per heavy atom. The highest BCUT2D eigenvalue weighted by Crippen LogP contribution is 2.30. The first-order chi connectivity index (χ1) is 8.88. The lowest BCUT2D eigenvalue weighted by Crippen LogP contribution is -2.19. The molecule has 0 spiro atoms. The number of nitrogens with two attached hydrogens (primary N) is 1. The third-order valence-electron chi connectivity index (χ3n) is 3.85. The Morgan fingerprint density at radius 3 is 2.89 bits per heavy atom. The maximum absolute atomic E-state index is 5.84. The Hall–Kier alpha value is -1.61. The second kappa shape index (κ2) is 4.94. The number of fused-ring (bicyclic) bond motifs is 1. The van der Waals surface area contributed by atoms with Gasteiger partial charge >= 0.3 is 0 Å². The van der Waals surface area contributed by atoms with E-state index in [4.69, 9.17) is 5.73 Å². The zero-order valence-corrected chi connectivity index (χ0v) is 10.5. The molecule has 1 atom stereocenters. The number of hydrogen-bond donors (Lipinski definition) is 1. The Bertz CT molecular complexity index is 516. The highest BCUT2D eigenvalue weighted by Gasteiger charge is 2.22. The van der Waals surface area contributed by atoms with Gasteiger partial charge in [-0.25, -0.2) is 0 Å². The van der Waals surface area contributed by atoms with Crippen molar-refractivity contribution in [3.8, 4) is 0 Å². The van der Waals surface area contributed by atoms with Crippen LogP contribution < -0.4 is 5.73 Å². The Balaban J connectivity index is 1.88. The molecular formula is C15H19N3. The quantitative estimate of drug-likeness (QED) is 0.896. The predicted octanol–water partition coefficient (Wildman–Crippen LogP) is 2.31. The predicted molar refractivity (Wildman–Crippen MR) is 72.5 cm³/mol. The molecule has 1 aromatic heterocycles. The van der Waals surface area contributed by atoms with E-state index < -0.39 is 0 Å². The van der Waals surface area contributed by atoms with Crippen molar-refractivity contribution < 1.29 is 0 Å². The highest BCUT2D eigenvalue weighted by molar-refractivity contribution is 5.27. The Kier molecular flexibility index (Phi) is 3.15. The van der Waals surface area contributed by atoms with Crippen LogP contribution in [0.3, 0.4) is 0 Å². The van der Waals surface area contributed by atoms with Crippen LogP contribution in [0.15, 0.2) is 36.5 Å². The molecule has 0 aliphatic heterocycles. The molecule has 0 amide bonds. The third-order valence-corrected chi connectivity index (χ3v) is 3.85. The minimum absolute atomic E-state index is 0.512. The van der Waals surface area contributed by atoms with Gasteiger partial charge in [-0.2, -0.15) is 5.10 Å². The molecule has 0 saturated heterocycles. The summed E-state index contributed by atoms with van der Waals surface area (Å²) in [6.45, 7) is 1.61. The van der Waals surface area contributed by atoms with E-state index in [0.29, 0.717) is 5.92 Å². The fraction of sp³-hybridized carbons (Fsp3) is 0.400. The molecule has 0 radical (unpaired) electrons. The van der Waals surface area contributed by atoms with Gasteiger partial charge in [0.1, 0.15) is 0 Å². The molecule has 1 aliphatic rings. The van der Waals surface area contributed by atoms with Crippen molar-refractivity contribution >= 4 is 0 Å². The van der Waals surface area contributed by atoms with Crippen molar-refractivity contribution in [3.05, 3.63) is 53.3 Å². The van der Waals surface area contributed by atoms with E-state index in [0.717, 1.165) is 19.5 Å². The van der Waals surface area contributed by atoms with E-state index in [1.807, 2.05) is 12.3 Å². The smallest absolute Gasteiger partial charge is 0.0662 e. The summed E-state index contributed by atoms with van der Waals surface area (Å²) in [4.78, 5) is 0. The van der Waals surface area contributed by atoms with Crippen molar-refractivity contribution in [1.82, 2.24) is 9.78 Å². The van der Waals surface area contributed by atoms with Crippen LogP contribution >= 0.6 is 0 Å². The number of hydrogen-bond acceptors (Lipinski definition) is 2. The first-order valence-electron chi connectivity index (χ1n) is 6.67. The fourth-order valence-electron chi connectivity index (χ4n) is 2.85. The van der Waals surface area contributed by atoms with Crippen molar-refractivity contribution in [1.29, 1.82) is 0 Å². The first kappa shape index (κ1) is 11.5. The average Bonchev–Trinajstić information content (AvgIpc) is 2.83. The standard InChI is InChI=1S/C15H19N3/c16-9-13-7-4-8-15-14(13)10-17-18(15)11-12-5-2-1-3-6-12/h1-3,5-6,10,13H,4,7-9,11,16H2. The Labute approximate surface area is 108 Å². The van der Waals surface area contributed by atoms with Gasteiger partial charge in [-0.15, -0.1) is 0 Å². The summed E-state index contributed by atoms with van der Waals surface area (Å²) in [5, 5.41) is 4.55. The van der Waals surface area contributed by atoms with Crippen LogP contribution in [0.25, 0.3) is 0 Å². The zero-order valence-electron chi connectivity index (χ0n) is 10.5. The van der Waals surface area contributed by atoms with E-state index in [1.54, 1.807) is 0 Å². The minimum atomic E-state index is 0.512. The molecule has 0 bridgehead atoms. The van der Waals surface area contributed by atoms with Crippen molar-refractivity contribution in [2.75, 3.05) is 6.54 Å². The molecule has 1 aliphatic carbocycles. The summed E-state index contributed by atoms with van der Waals surface area (Å²) in [5.74, 6) is 0.512. The van der Waals surface area contributed by atoms with Crippen LogP contribution in [0.5, 0.6) is 0 Å². The molecule has 3 rings (SSSR count). The summed E-state index contributed by atoms with van der Waals surface area (Å²) in [6, 6.07) is 10.5. The van der Waals surface area contributed by atoms with Crippen molar-refractivity contribution in [2.45, 2.75) is 31.7 Å². The highest BCUT2D eigenvalue weighted by atomic mass is 15.3. The van der Waals surface area contributed by atoms with Gasteiger partial charge in [0.2, 0.25) is 0 Å². The van der Waals surface area contributed by atoms with Crippen LogP contribution in [-0.2, 0) is 13.0 Å². The van der Waals surface area contributed by atoms with E-state index in [1.165, 1.54) is 29.7 Å². The van der Waals surface area contributed by atoms with Gasteiger partial charge in [0.15, 0.2) is 0 Å². The molecule has 18 heavy (non-hydrogen) atoms. The van der Waals surface area contributed by atoms with Gasteiger partial charge in [0.05, 0.1) is 12.7 Å². The topological polar surface area (TPSA) is 43.8 Å². The normalized spacial score (nSPS) is 18.6. The first-order valence-corrected chi connectivity index (χ1v) is 6.67.